The summed E-state index contributed by atoms with van der Waals surface area (Å²) in [6.45, 7) is 4.25. The van der Waals surface area contributed by atoms with Gasteiger partial charge in [-0.25, -0.2) is 9.67 Å². The molecule has 8 heteroatoms. The monoisotopic (exact) mass is 344 g/mol. The maximum atomic E-state index is 12.2. The first-order chi connectivity index (χ1) is 11.7. The van der Waals surface area contributed by atoms with Crippen molar-refractivity contribution in [2.45, 2.75) is 46.1 Å². The van der Waals surface area contributed by atoms with Crippen LogP contribution in [0.15, 0.2) is 18.5 Å². The Morgan fingerprint density at radius 1 is 1.29 bits per heavy atom. The van der Waals surface area contributed by atoms with E-state index in [1.807, 2.05) is 13.0 Å². The van der Waals surface area contributed by atoms with Crippen molar-refractivity contribution in [1.29, 1.82) is 0 Å². The number of carbonyl (C=O) groups is 1. The van der Waals surface area contributed by atoms with E-state index in [1.165, 1.54) is 24.2 Å². The lowest BCUT2D eigenvalue weighted by Crippen LogP contribution is -2.19. The highest BCUT2D eigenvalue weighted by molar-refractivity contribution is 7.15. The van der Waals surface area contributed by atoms with E-state index in [4.69, 9.17) is 0 Å². The summed E-state index contributed by atoms with van der Waals surface area (Å²) < 4.78 is 1.59. The van der Waals surface area contributed by atoms with Gasteiger partial charge in [0.15, 0.2) is 5.65 Å². The predicted octanol–water partition coefficient (Wildman–Crippen LogP) is 2.96. The van der Waals surface area contributed by atoms with Gasteiger partial charge in [0.25, 0.3) is 0 Å². The Hall–Kier alpha value is -2.35. The van der Waals surface area contributed by atoms with Crippen LogP contribution in [0, 0.1) is 6.92 Å². The third kappa shape index (κ3) is 3.94. The summed E-state index contributed by atoms with van der Waals surface area (Å²) in [4.78, 5) is 16.5. The lowest BCUT2D eigenvalue weighted by Gasteiger charge is -2.03. The zero-order valence-electron chi connectivity index (χ0n) is 13.8. The zero-order valence-corrected chi connectivity index (χ0v) is 14.6. The van der Waals surface area contributed by atoms with E-state index in [9.17, 15) is 4.79 Å². The number of pyridine rings is 1. The Labute approximate surface area is 144 Å². The van der Waals surface area contributed by atoms with Crippen LogP contribution in [0.4, 0.5) is 5.13 Å². The summed E-state index contributed by atoms with van der Waals surface area (Å²) in [6.07, 6.45) is 7.86. The standard InChI is InChI=1S/C16H20N6OS/c1-3-4-5-6-14-20-21-16(24-14)19-13(23)10-22-15-12(9-18-22)7-11(2)8-17-15/h7-9H,3-6,10H2,1-2H3,(H,19,21,23). The summed E-state index contributed by atoms with van der Waals surface area (Å²) >= 11 is 1.43. The minimum Gasteiger partial charge on any atom is -0.299 e. The highest BCUT2D eigenvalue weighted by Crippen LogP contribution is 2.18. The molecule has 0 atom stereocenters. The predicted molar refractivity (Wildman–Crippen MR) is 94.0 cm³/mol. The van der Waals surface area contributed by atoms with E-state index in [2.05, 4.69) is 32.5 Å². The van der Waals surface area contributed by atoms with Crippen molar-refractivity contribution in [3.63, 3.8) is 0 Å². The molecular formula is C16H20N6OS. The summed E-state index contributed by atoms with van der Waals surface area (Å²) in [5.41, 5.74) is 1.77. The molecule has 0 unspecified atom stereocenters. The molecule has 3 heterocycles. The highest BCUT2D eigenvalue weighted by Gasteiger charge is 2.11. The number of rotatable bonds is 7. The molecule has 0 aliphatic carbocycles. The van der Waals surface area contributed by atoms with Crippen LogP contribution < -0.4 is 5.32 Å². The van der Waals surface area contributed by atoms with Gasteiger partial charge in [0.2, 0.25) is 11.0 Å². The lowest BCUT2D eigenvalue weighted by molar-refractivity contribution is -0.116. The third-order valence-corrected chi connectivity index (χ3v) is 4.51. The number of hydrogen-bond acceptors (Lipinski definition) is 6. The fourth-order valence-corrected chi connectivity index (χ4v) is 3.22. The van der Waals surface area contributed by atoms with Gasteiger partial charge >= 0.3 is 0 Å². The van der Waals surface area contributed by atoms with Crippen molar-refractivity contribution in [2.24, 2.45) is 0 Å². The first-order valence-corrected chi connectivity index (χ1v) is 8.87. The first kappa shape index (κ1) is 16.5. The van der Waals surface area contributed by atoms with Gasteiger partial charge in [0.05, 0.1) is 6.20 Å². The topological polar surface area (TPSA) is 85.6 Å². The van der Waals surface area contributed by atoms with Gasteiger partial charge in [-0.3, -0.25) is 10.1 Å². The van der Waals surface area contributed by atoms with Crippen LogP contribution in [-0.4, -0.2) is 30.9 Å². The van der Waals surface area contributed by atoms with Crippen LogP contribution in [0.3, 0.4) is 0 Å². The van der Waals surface area contributed by atoms with Gasteiger partial charge in [-0.1, -0.05) is 31.1 Å². The van der Waals surface area contributed by atoms with Gasteiger partial charge in [-0.05, 0) is 25.0 Å². The van der Waals surface area contributed by atoms with Gasteiger partial charge in [-0.15, -0.1) is 10.2 Å². The Morgan fingerprint density at radius 2 is 2.17 bits per heavy atom. The SMILES string of the molecule is CCCCCc1nnc(NC(=O)Cn2ncc3cc(C)cnc32)s1. The number of nitrogens with zero attached hydrogens (tertiary/aromatic N) is 5. The van der Waals surface area contributed by atoms with Crippen molar-refractivity contribution < 1.29 is 4.79 Å². The molecule has 1 N–H and O–H groups in total. The number of fused-ring (bicyclic) bond motifs is 1. The average molecular weight is 344 g/mol. The molecule has 24 heavy (non-hydrogen) atoms. The zero-order chi connectivity index (χ0) is 16.9. The summed E-state index contributed by atoms with van der Waals surface area (Å²) in [5, 5.41) is 17.6. The Kier molecular flexibility index (Phi) is 5.14. The number of amides is 1. The second-order valence-electron chi connectivity index (χ2n) is 5.73. The fourth-order valence-electron chi connectivity index (χ4n) is 2.42. The van der Waals surface area contributed by atoms with Gasteiger partial charge < -0.3 is 0 Å². The molecule has 0 aromatic carbocycles. The average Bonchev–Trinajstić information content (AvgIpc) is 3.15. The van der Waals surface area contributed by atoms with E-state index in [0.717, 1.165) is 28.8 Å². The molecule has 0 fully saturated rings. The molecule has 0 saturated carbocycles. The van der Waals surface area contributed by atoms with Crippen molar-refractivity contribution in [3.05, 3.63) is 29.0 Å². The van der Waals surface area contributed by atoms with Crippen molar-refractivity contribution in [2.75, 3.05) is 5.32 Å². The number of unbranched alkanes of at least 4 members (excludes halogenated alkanes) is 2. The molecule has 0 aliphatic heterocycles. The number of aryl methyl sites for hydroxylation is 2. The third-order valence-electron chi connectivity index (χ3n) is 3.61. The molecule has 0 aliphatic rings. The lowest BCUT2D eigenvalue weighted by atomic mass is 10.2. The number of nitrogens with one attached hydrogen (secondary N) is 1. The molecule has 0 spiro atoms. The number of carbonyl (C=O) groups excluding carboxylic acids is 1. The van der Waals surface area contributed by atoms with E-state index >= 15 is 0 Å². The van der Waals surface area contributed by atoms with Gasteiger partial charge in [0, 0.05) is 18.0 Å². The smallest absolute Gasteiger partial charge is 0.248 e. The van der Waals surface area contributed by atoms with Crippen LogP contribution in [0.1, 0.15) is 36.8 Å². The second-order valence-corrected chi connectivity index (χ2v) is 6.80. The number of hydrogen-bond donors (Lipinski definition) is 1. The van der Waals surface area contributed by atoms with Crippen LogP contribution in [0.5, 0.6) is 0 Å². The largest absolute Gasteiger partial charge is 0.299 e. The number of aromatic nitrogens is 5. The molecule has 0 radical (unpaired) electrons. The molecule has 126 valence electrons. The summed E-state index contributed by atoms with van der Waals surface area (Å²) in [6, 6.07) is 2.00. The van der Waals surface area contributed by atoms with E-state index < -0.39 is 0 Å². The number of anilines is 1. The van der Waals surface area contributed by atoms with E-state index in [-0.39, 0.29) is 12.5 Å². The molecule has 1 amide bonds. The van der Waals surface area contributed by atoms with Gasteiger partial charge in [-0.2, -0.15) is 5.10 Å². The minimum atomic E-state index is -0.182. The maximum absolute atomic E-state index is 12.2. The quantitative estimate of drug-likeness (QED) is 0.666. The summed E-state index contributed by atoms with van der Waals surface area (Å²) in [5.74, 6) is -0.182. The minimum absolute atomic E-state index is 0.101. The van der Waals surface area contributed by atoms with Crippen LogP contribution >= 0.6 is 11.3 Å². The maximum Gasteiger partial charge on any atom is 0.248 e. The molecule has 7 nitrogen and oxygen atoms in total. The Morgan fingerprint density at radius 3 is 3.00 bits per heavy atom. The van der Waals surface area contributed by atoms with E-state index in [1.54, 1.807) is 17.1 Å². The Balaban J connectivity index is 1.60. The molecule has 3 rings (SSSR count). The molecule has 3 aromatic heterocycles. The normalized spacial score (nSPS) is 11.1. The summed E-state index contributed by atoms with van der Waals surface area (Å²) in [7, 11) is 0. The van der Waals surface area contributed by atoms with Crippen molar-refractivity contribution in [1.82, 2.24) is 25.0 Å². The Bertz CT molecular complexity index is 840. The van der Waals surface area contributed by atoms with Crippen molar-refractivity contribution >= 4 is 33.4 Å². The first-order valence-electron chi connectivity index (χ1n) is 8.06. The van der Waals surface area contributed by atoms with Crippen LogP contribution in [0.2, 0.25) is 0 Å². The highest BCUT2D eigenvalue weighted by atomic mass is 32.1. The fraction of sp³-hybridized carbons (Fsp3) is 0.438. The second kappa shape index (κ2) is 7.48. The molecule has 0 bridgehead atoms. The van der Waals surface area contributed by atoms with Crippen LogP contribution in [-0.2, 0) is 17.8 Å². The molecule has 0 saturated heterocycles. The van der Waals surface area contributed by atoms with Crippen molar-refractivity contribution in [3.8, 4) is 0 Å². The molecular weight excluding hydrogens is 324 g/mol. The molecule has 3 aromatic rings. The van der Waals surface area contributed by atoms with Crippen LogP contribution in [0.25, 0.3) is 11.0 Å². The van der Waals surface area contributed by atoms with Gasteiger partial charge in [0.1, 0.15) is 11.6 Å². The van der Waals surface area contributed by atoms with E-state index in [0.29, 0.717) is 10.8 Å².